The van der Waals surface area contributed by atoms with Crippen molar-refractivity contribution in [2.75, 3.05) is 0 Å². The van der Waals surface area contributed by atoms with Crippen molar-refractivity contribution in [2.45, 2.75) is 19.4 Å². The fourth-order valence-electron chi connectivity index (χ4n) is 2.49. The molecule has 0 unspecified atom stereocenters. The minimum atomic E-state index is -0.554. The first-order valence-corrected chi connectivity index (χ1v) is 6.01. The van der Waals surface area contributed by atoms with Crippen LogP contribution in [0.3, 0.4) is 0 Å². The maximum Gasteiger partial charge on any atom is 0.332 e. The Balaban J connectivity index is 2.27. The van der Waals surface area contributed by atoms with Crippen LogP contribution >= 0.6 is 0 Å². The largest absolute Gasteiger partial charge is 0.452 e. The first kappa shape index (κ1) is 11.0. The Hall–Kier alpha value is -2.09. The fraction of sp³-hybridized carbons (Fsp3) is 0.188. The molecule has 0 aliphatic carbocycles. The van der Waals surface area contributed by atoms with Crippen LogP contribution in [0, 0.1) is 0 Å². The van der Waals surface area contributed by atoms with Gasteiger partial charge in [-0.05, 0) is 30.2 Å². The summed E-state index contributed by atoms with van der Waals surface area (Å²) in [6.07, 6.45) is 1.60. The van der Waals surface area contributed by atoms with E-state index in [1.807, 2.05) is 38.1 Å². The molecule has 0 radical (unpaired) electrons. The predicted octanol–water partition coefficient (Wildman–Crippen LogP) is 3.56. The van der Waals surface area contributed by atoms with Crippen molar-refractivity contribution in [2.24, 2.45) is 0 Å². The van der Waals surface area contributed by atoms with Gasteiger partial charge in [-0.1, -0.05) is 42.5 Å². The topological polar surface area (TPSA) is 26.3 Å². The summed E-state index contributed by atoms with van der Waals surface area (Å²) < 4.78 is 5.33. The van der Waals surface area contributed by atoms with Gasteiger partial charge < -0.3 is 4.74 Å². The Morgan fingerprint density at radius 3 is 2.44 bits per heavy atom. The molecule has 1 aliphatic rings. The summed E-state index contributed by atoms with van der Waals surface area (Å²) in [5.74, 6) is -0.261. The third-order valence-corrected chi connectivity index (χ3v) is 3.35. The number of hydrogen-bond acceptors (Lipinski definition) is 2. The maximum absolute atomic E-state index is 11.5. The quantitative estimate of drug-likeness (QED) is 0.710. The zero-order valence-electron chi connectivity index (χ0n) is 10.4. The molecular formula is C16H14O2. The minimum Gasteiger partial charge on any atom is -0.452 e. The van der Waals surface area contributed by atoms with Crippen molar-refractivity contribution >= 4 is 22.3 Å². The van der Waals surface area contributed by atoms with Crippen molar-refractivity contribution < 1.29 is 9.53 Å². The molecule has 2 aromatic carbocycles. The van der Waals surface area contributed by atoms with Crippen LogP contribution in [-0.4, -0.2) is 11.6 Å². The van der Waals surface area contributed by atoms with E-state index >= 15 is 0 Å². The number of fused-ring (bicyclic) bond motifs is 1. The van der Waals surface area contributed by atoms with Crippen LogP contribution < -0.4 is 0 Å². The highest BCUT2D eigenvalue weighted by Crippen LogP contribution is 2.38. The van der Waals surface area contributed by atoms with E-state index in [1.54, 1.807) is 6.08 Å². The number of ether oxygens (including phenoxy) is 1. The summed E-state index contributed by atoms with van der Waals surface area (Å²) in [7, 11) is 0. The molecule has 0 saturated heterocycles. The summed E-state index contributed by atoms with van der Waals surface area (Å²) in [4.78, 5) is 11.5. The molecule has 2 heteroatoms. The first-order chi connectivity index (χ1) is 8.58. The molecule has 2 nitrogen and oxygen atoms in total. The molecule has 1 aliphatic heterocycles. The van der Waals surface area contributed by atoms with Gasteiger partial charge in [0.25, 0.3) is 0 Å². The molecule has 90 valence electrons. The highest BCUT2D eigenvalue weighted by molar-refractivity contribution is 6.04. The van der Waals surface area contributed by atoms with Gasteiger partial charge in [-0.15, -0.1) is 0 Å². The number of carbonyl (C=O) groups is 1. The van der Waals surface area contributed by atoms with Gasteiger partial charge in [0.15, 0.2) is 0 Å². The van der Waals surface area contributed by atoms with E-state index in [0.29, 0.717) is 0 Å². The van der Waals surface area contributed by atoms with Gasteiger partial charge in [0.1, 0.15) is 5.60 Å². The normalized spacial score (nSPS) is 17.7. The van der Waals surface area contributed by atoms with Crippen LogP contribution in [0.25, 0.3) is 16.3 Å². The van der Waals surface area contributed by atoms with Crippen LogP contribution in [-0.2, 0) is 9.53 Å². The Morgan fingerprint density at radius 2 is 1.72 bits per heavy atom. The van der Waals surface area contributed by atoms with E-state index in [2.05, 4.69) is 18.2 Å². The lowest BCUT2D eigenvalue weighted by atomic mass is 9.89. The zero-order chi connectivity index (χ0) is 12.8. The van der Waals surface area contributed by atoms with E-state index in [9.17, 15) is 4.79 Å². The lowest BCUT2D eigenvalue weighted by Crippen LogP contribution is -2.22. The summed E-state index contributed by atoms with van der Waals surface area (Å²) in [5.41, 5.74) is 1.47. The fourth-order valence-corrected chi connectivity index (χ4v) is 2.49. The highest BCUT2D eigenvalue weighted by Gasteiger charge is 2.35. The third kappa shape index (κ3) is 1.61. The Bertz CT molecular complexity index is 660. The zero-order valence-corrected chi connectivity index (χ0v) is 10.4. The highest BCUT2D eigenvalue weighted by atomic mass is 16.6. The summed E-state index contributed by atoms with van der Waals surface area (Å²) >= 11 is 0. The van der Waals surface area contributed by atoms with E-state index in [4.69, 9.17) is 4.74 Å². The molecule has 0 spiro atoms. The molecule has 2 aromatic rings. The predicted molar refractivity (Wildman–Crippen MR) is 72.1 cm³/mol. The Labute approximate surface area is 106 Å². The summed E-state index contributed by atoms with van der Waals surface area (Å²) in [6.45, 7) is 3.84. The number of cyclic esters (lactones) is 1. The van der Waals surface area contributed by atoms with Crippen LogP contribution in [0.5, 0.6) is 0 Å². The number of hydrogen-bond donors (Lipinski definition) is 0. The molecule has 0 atom stereocenters. The number of esters is 1. The summed E-state index contributed by atoms with van der Waals surface area (Å²) in [6, 6.07) is 14.3. The van der Waals surface area contributed by atoms with Gasteiger partial charge in [0.05, 0.1) is 0 Å². The van der Waals surface area contributed by atoms with Crippen molar-refractivity contribution in [3.63, 3.8) is 0 Å². The van der Waals surface area contributed by atoms with Gasteiger partial charge in [-0.2, -0.15) is 0 Å². The Morgan fingerprint density at radius 1 is 1.00 bits per heavy atom. The van der Waals surface area contributed by atoms with Gasteiger partial charge >= 0.3 is 5.97 Å². The lowest BCUT2D eigenvalue weighted by Gasteiger charge is -2.22. The van der Waals surface area contributed by atoms with E-state index in [1.165, 1.54) is 5.39 Å². The SMILES string of the molecule is CC1(C)OC(=O)C=C1c1cccc2ccccc12. The van der Waals surface area contributed by atoms with Gasteiger partial charge in [-0.3, -0.25) is 0 Å². The lowest BCUT2D eigenvalue weighted by molar-refractivity contribution is -0.142. The van der Waals surface area contributed by atoms with Crippen LogP contribution in [0.4, 0.5) is 0 Å². The van der Waals surface area contributed by atoms with Crippen LogP contribution in [0.2, 0.25) is 0 Å². The molecule has 0 aromatic heterocycles. The smallest absolute Gasteiger partial charge is 0.332 e. The molecule has 0 saturated carbocycles. The second-order valence-electron chi connectivity index (χ2n) is 5.02. The average molecular weight is 238 g/mol. The maximum atomic E-state index is 11.5. The third-order valence-electron chi connectivity index (χ3n) is 3.35. The van der Waals surface area contributed by atoms with Gasteiger partial charge in [0.2, 0.25) is 0 Å². The number of rotatable bonds is 1. The molecule has 1 heterocycles. The Kier molecular flexibility index (Phi) is 2.27. The molecule has 18 heavy (non-hydrogen) atoms. The minimum absolute atomic E-state index is 0.261. The van der Waals surface area contributed by atoms with E-state index < -0.39 is 5.60 Å². The monoisotopic (exact) mass is 238 g/mol. The van der Waals surface area contributed by atoms with Crippen molar-refractivity contribution in [1.82, 2.24) is 0 Å². The van der Waals surface area contributed by atoms with Crippen LogP contribution in [0.1, 0.15) is 19.4 Å². The van der Waals surface area contributed by atoms with Crippen LogP contribution in [0.15, 0.2) is 48.5 Å². The van der Waals surface area contributed by atoms with Gasteiger partial charge in [-0.25, -0.2) is 4.79 Å². The molecule has 0 fully saturated rings. The van der Waals surface area contributed by atoms with E-state index in [-0.39, 0.29) is 5.97 Å². The molecule has 0 bridgehead atoms. The number of carbonyl (C=O) groups excluding carboxylic acids is 1. The van der Waals surface area contributed by atoms with Crippen molar-refractivity contribution in [3.8, 4) is 0 Å². The first-order valence-electron chi connectivity index (χ1n) is 6.01. The van der Waals surface area contributed by atoms with Gasteiger partial charge in [0, 0.05) is 11.6 Å². The van der Waals surface area contributed by atoms with Crippen molar-refractivity contribution in [3.05, 3.63) is 54.1 Å². The molecule has 0 N–H and O–H groups in total. The standard InChI is InChI=1S/C16H14O2/c1-16(2)14(10-15(17)18-16)13-9-5-7-11-6-3-4-8-12(11)13/h3-10H,1-2H3. The summed E-state index contributed by atoms with van der Waals surface area (Å²) in [5, 5.41) is 2.32. The number of benzene rings is 2. The average Bonchev–Trinajstić information content (AvgIpc) is 2.61. The molecule has 3 rings (SSSR count). The van der Waals surface area contributed by atoms with Crippen molar-refractivity contribution in [1.29, 1.82) is 0 Å². The second-order valence-corrected chi connectivity index (χ2v) is 5.02. The van der Waals surface area contributed by atoms with E-state index in [0.717, 1.165) is 16.5 Å². The molecule has 0 amide bonds. The second kappa shape index (κ2) is 3.70. The molecular weight excluding hydrogens is 224 g/mol.